The number of rotatable bonds is 3. The summed E-state index contributed by atoms with van der Waals surface area (Å²) in [4.78, 5) is 12.8. The Morgan fingerprint density at radius 3 is 2.72 bits per heavy atom. The maximum absolute atomic E-state index is 10.9. The normalized spacial score (nSPS) is 23.4. The second kappa shape index (κ2) is 5.14. The lowest BCUT2D eigenvalue weighted by Gasteiger charge is -2.24. The molecule has 1 aliphatic rings. The van der Waals surface area contributed by atoms with Crippen LogP contribution in [0.25, 0.3) is 0 Å². The van der Waals surface area contributed by atoms with Crippen LogP contribution in [0.15, 0.2) is 18.2 Å². The highest BCUT2D eigenvalue weighted by Gasteiger charge is 2.27. The number of nitrogens with zero attached hydrogens (tertiary/aromatic N) is 2. The molecular formula is C13H17ClN2O2. The molecule has 1 aromatic rings. The molecule has 1 heterocycles. The summed E-state index contributed by atoms with van der Waals surface area (Å²) < 4.78 is 0. The number of halogens is 1. The van der Waals surface area contributed by atoms with Crippen molar-refractivity contribution in [1.29, 1.82) is 0 Å². The highest BCUT2D eigenvalue weighted by atomic mass is 35.5. The van der Waals surface area contributed by atoms with Gasteiger partial charge in [-0.15, -0.1) is 11.6 Å². The first-order chi connectivity index (χ1) is 8.52. The maximum atomic E-state index is 10.9. The third kappa shape index (κ3) is 2.43. The minimum atomic E-state index is -0.377. The van der Waals surface area contributed by atoms with Crippen LogP contribution >= 0.6 is 11.6 Å². The molecule has 0 saturated carbocycles. The molecule has 2 unspecified atom stereocenters. The van der Waals surface area contributed by atoms with Crippen molar-refractivity contribution in [3.63, 3.8) is 0 Å². The molecule has 1 saturated heterocycles. The van der Waals surface area contributed by atoms with E-state index in [9.17, 15) is 10.1 Å². The van der Waals surface area contributed by atoms with Crippen molar-refractivity contribution in [2.75, 3.05) is 11.4 Å². The molecule has 2 atom stereocenters. The van der Waals surface area contributed by atoms with Crippen molar-refractivity contribution >= 4 is 23.0 Å². The number of alkyl halides is 1. The number of benzene rings is 1. The second-order valence-corrected chi connectivity index (χ2v) is 5.31. The van der Waals surface area contributed by atoms with Gasteiger partial charge in [-0.3, -0.25) is 10.1 Å². The summed E-state index contributed by atoms with van der Waals surface area (Å²) in [5.74, 6) is 0.830. The molecule has 2 rings (SSSR count). The number of nitro benzene ring substituents is 1. The summed E-state index contributed by atoms with van der Waals surface area (Å²) in [6.45, 7) is 5.41. The van der Waals surface area contributed by atoms with Gasteiger partial charge in [-0.1, -0.05) is 6.92 Å². The molecule has 1 fully saturated rings. The summed E-state index contributed by atoms with van der Waals surface area (Å²) >= 11 is 5.80. The Bertz CT molecular complexity index is 464. The van der Waals surface area contributed by atoms with Crippen molar-refractivity contribution in [2.24, 2.45) is 5.92 Å². The Labute approximate surface area is 112 Å². The predicted octanol–water partition coefficient (Wildman–Crippen LogP) is 3.57. The fourth-order valence-electron chi connectivity index (χ4n) is 2.70. The lowest BCUT2D eigenvalue weighted by molar-refractivity contribution is -0.385. The van der Waals surface area contributed by atoms with Gasteiger partial charge < -0.3 is 4.90 Å². The smallest absolute Gasteiger partial charge is 0.273 e. The Morgan fingerprint density at radius 2 is 2.22 bits per heavy atom. The van der Waals surface area contributed by atoms with E-state index in [1.165, 1.54) is 0 Å². The van der Waals surface area contributed by atoms with Crippen LogP contribution in [-0.4, -0.2) is 17.5 Å². The van der Waals surface area contributed by atoms with E-state index in [0.717, 1.165) is 18.7 Å². The minimum Gasteiger partial charge on any atom is -0.369 e. The highest BCUT2D eigenvalue weighted by molar-refractivity contribution is 6.17. The third-order valence-corrected chi connectivity index (χ3v) is 3.81. The monoisotopic (exact) mass is 268 g/mol. The SMILES string of the molecule is CC1CC(C)N(c2ccc([N+](=O)[O-])c(CCl)c2)C1. The second-order valence-electron chi connectivity index (χ2n) is 5.05. The Morgan fingerprint density at radius 1 is 1.50 bits per heavy atom. The molecule has 5 heteroatoms. The maximum Gasteiger partial charge on any atom is 0.273 e. The van der Waals surface area contributed by atoms with Crippen LogP contribution in [0.3, 0.4) is 0 Å². The number of anilines is 1. The van der Waals surface area contributed by atoms with Crippen LogP contribution in [0.2, 0.25) is 0 Å². The van der Waals surface area contributed by atoms with Crippen LogP contribution in [-0.2, 0) is 5.88 Å². The van der Waals surface area contributed by atoms with Crippen LogP contribution in [0, 0.1) is 16.0 Å². The molecule has 1 aromatic carbocycles. The summed E-state index contributed by atoms with van der Waals surface area (Å²) in [7, 11) is 0. The molecule has 4 nitrogen and oxygen atoms in total. The van der Waals surface area contributed by atoms with Gasteiger partial charge in [0.1, 0.15) is 0 Å². The van der Waals surface area contributed by atoms with Gasteiger partial charge in [0, 0.05) is 29.9 Å². The van der Waals surface area contributed by atoms with Crippen molar-refractivity contribution in [1.82, 2.24) is 0 Å². The van der Waals surface area contributed by atoms with Crippen LogP contribution in [0.1, 0.15) is 25.8 Å². The average molecular weight is 269 g/mol. The van der Waals surface area contributed by atoms with Crippen LogP contribution < -0.4 is 4.90 Å². The molecule has 0 N–H and O–H groups in total. The predicted molar refractivity (Wildman–Crippen MR) is 73.2 cm³/mol. The van der Waals surface area contributed by atoms with Gasteiger partial charge in [0.15, 0.2) is 0 Å². The minimum absolute atomic E-state index is 0.105. The van der Waals surface area contributed by atoms with Crippen LogP contribution in [0.4, 0.5) is 11.4 Å². The van der Waals surface area contributed by atoms with E-state index < -0.39 is 0 Å². The first-order valence-corrected chi connectivity index (χ1v) is 6.66. The lowest BCUT2D eigenvalue weighted by atomic mass is 10.1. The van der Waals surface area contributed by atoms with E-state index in [1.807, 2.05) is 12.1 Å². The van der Waals surface area contributed by atoms with E-state index in [1.54, 1.807) is 6.07 Å². The standard InChI is InChI=1S/C13H17ClN2O2/c1-9-5-10(2)15(8-9)12-3-4-13(16(17)18)11(6-12)7-14/h3-4,6,9-10H,5,7-8H2,1-2H3. The molecule has 98 valence electrons. The van der Waals surface area contributed by atoms with Crippen molar-refractivity contribution in [3.8, 4) is 0 Å². The van der Waals surface area contributed by atoms with Gasteiger partial charge in [-0.2, -0.15) is 0 Å². The largest absolute Gasteiger partial charge is 0.369 e. The average Bonchev–Trinajstić information content (AvgIpc) is 2.67. The molecule has 1 aliphatic heterocycles. The molecule has 0 amide bonds. The summed E-state index contributed by atoms with van der Waals surface area (Å²) in [6.07, 6.45) is 1.16. The quantitative estimate of drug-likeness (QED) is 0.478. The zero-order chi connectivity index (χ0) is 13.3. The fraction of sp³-hybridized carbons (Fsp3) is 0.538. The highest BCUT2D eigenvalue weighted by Crippen LogP contribution is 2.32. The summed E-state index contributed by atoms with van der Waals surface area (Å²) in [5, 5.41) is 10.9. The molecule has 0 bridgehead atoms. The first kappa shape index (κ1) is 13.1. The van der Waals surface area contributed by atoms with Gasteiger partial charge in [0.25, 0.3) is 5.69 Å². The molecule has 0 spiro atoms. The van der Waals surface area contributed by atoms with Crippen LogP contribution in [0.5, 0.6) is 0 Å². The van der Waals surface area contributed by atoms with Gasteiger partial charge >= 0.3 is 0 Å². The summed E-state index contributed by atoms with van der Waals surface area (Å²) in [6, 6.07) is 5.70. The van der Waals surface area contributed by atoms with E-state index in [-0.39, 0.29) is 16.5 Å². The Kier molecular flexibility index (Phi) is 3.76. The first-order valence-electron chi connectivity index (χ1n) is 6.13. The van der Waals surface area contributed by atoms with E-state index in [2.05, 4.69) is 18.7 Å². The Balaban J connectivity index is 2.33. The van der Waals surface area contributed by atoms with E-state index in [0.29, 0.717) is 17.5 Å². The topological polar surface area (TPSA) is 46.4 Å². The van der Waals surface area contributed by atoms with Gasteiger partial charge in [-0.05, 0) is 31.4 Å². The van der Waals surface area contributed by atoms with Gasteiger partial charge in [0.2, 0.25) is 0 Å². The number of nitro groups is 1. The van der Waals surface area contributed by atoms with E-state index >= 15 is 0 Å². The van der Waals surface area contributed by atoms with Crippen molar-refractivity contribution in [2.45, 2.75) is 32.2 Å². The molecule has 18 heavy (non-hydrogen) atoms. The van der Waals surface area contributed by atoms with E-state index in [4.69, 9.17) is 11.6 Å². The summed E-state index contributed by atoms with van der Waals surface area (Å²) in [5.41, 5.74) is 1.73. The third-order valence-electron chi connectivity index (χ3n) is 3.52. The zero-order valence-corrected chi connectivity index (χ0v) is 11.4. The molecule has 0 aromatic heterocycles. The van der Waals surface area contributed by atoms with Gasteiger partial charge in [0.05, 0.1) is 10.8 Å². The molecular weight excluding hydrogens is 252 g/mol. The van der Waals surface area contributed by atoms with Gasteiger partial charge in [-0.25, -0.2) is 0 Å². The van der Waals surface area contributed by atoms with Crippen molar-refractivity contribution < 1.29 is 4.92 Å². The number of hydrogen-bond donors (Lipinski definition) is 0. The van der Waals surface area contributed by atoms with Crippen molar-refractivity contribution in [3.05, 3.63) is 33.9 Å². The zero-order valence-electron chi connectivity index (χ0n) is 10.6. The number of hydrogen-bond acceptors (Lipinski definition) is 3. The Hall–Kier alpha value is -1.29. The molecule has 0 radical (unpaired) electrons. The molecule has 0 aliphatic carbocycles. The lowest BCUT2D eigenvalue weighted by Crippen LogP contribution is -2.26. The fourth-order valence-corrected chi connectivity index (χ4v) is 2.91.